The third kappa shape index (κ3) is 3.09. The Hall–Kier alpha value is -0.990. The summed E-state index contributed by atoms with van der Waals surface area (Å²) < 4.78 is 4.97. The van der Waals surface area contributed by atoms with Gasteiger partial charge in [0.1, 0.15) is 6.26 Å². The van der Waals surface area contributed by atoms with Gasteiger partial charge in [0.05, 0.1) is 0 Å². The van der Waals surface area contributed by atoms with Gasteiger partial charge >= 0.3 is 0 Å². The van der Waals surface area contributed by atoms with Crippen molar-refractivity contribution in [3.05, 3.63) is 12.7 Å². The second-order valence-corrected chi connectivity index (χ2v) is 3.19. The van der Waals surface area contributed by atoms with E-state index in [0.29, 0.717) is 0 Å². The molecule has 1 aromatic rings. The summed E-state index contributed by atoms with van der Waals surface area (Å²) >= 11 is 0. The van der Waals surface area contributed by atoms with E-state index in [2.05, 4.69) is 23.7 Å². The molecule has 0 fully saturated rings. The van der Waals surface area contributed by atoms with Gasteiger partial charge in [0.2, 0.25) is 0 Å². The predicted octanol–water partition coefficient (Wildman–Crippen LogP) is 2.69. The first-order valence-electron chi connectivity index (χ1n) is 5.01. The fourth-order valence-corrected chi connectivity index (χ4v) is 1.32. The van der Waals surface area contributed by atoms with E-state index in [4.69, 9.17) is 4.42 Å². The summed E-state index contributed by atoms with van der Waals surface area (Å²) in [7, 11) is 0. The van der Waals surface area contributed by atoms with Gasteiger partial charge in [-0.1, -0.05) is 20.3 Å². The number of nitrogens with zero attached hydrogens (tertiary/aromatic N) is 2. The van der Waals surface area contributed by atoms with Crippen molar-refractivity contribution in [3.63, 3.8) is 0 Å². The molecule has 3 heteroatoms. The summed E-state index contributed by atoms with van der Waals surface area (Å²) in [6.45, 7) is 6.52. The van der Waals surface area contributed by atoms with E-state index in [1.54, 1.807) is 6.26 Å². The van der Waals surface area contributed by atoms with E-state index in [-0.39, 0.29) is 0 Å². The normalized spacial score (nSPS) is 10.3. The topological polar surface area (TPSA) is 29.3 Å². The van der Waals surface area contributed by atoms with Crippen molar-refractivity contribution in [1.29, 1.82) is 0 Å². The quantitative estimate of drug-likeness (QED) is 0.677. The lowest BCUT2D eigenvalue weighted by atomic mass is 10.3. The number of hydrogen-bond donors (Lipinski definition) is 0. The molecule has 74 valence electrons. The molecule has 0 bridgehead atoms. The van der Waals surface area contributed by atoms with Gasteiger partial charge in [0.15, 0.2) is 12.2 Å². The summed E-state index contributed by atoms with van der Waals surface area (Å²) in [6.07, 6.45) is 6.79. The molecule has 0 saturated carbocycles. The highest BCUT2D eigenvalue weighted by Gasteiger charge is 2.06. The van der Waals surface area contributed by atoms with Gasteiger partial charge in [-0.15, -0.1) is 0 Å². The zero-order valence-corrected chi connectivity index (χ0v) is 8.49. The van der Waals surface area contributed by atoms with Gasteiger partial charge < -0.3 is 9.32 Å². The molecule has 0 aliphatic carbocycles. The minimum Gasteiger partial charge on any atom is -0.449 e. The van der Waals surface area contributed by atoms with Gasteiger partial charge in [0.25, 0.3) is 0 Å². The summed E-state index contributed by atoms with van der Waals surface area (Å²) in [5.74, 6) is 0.968. The van der Waals surface area contributed by atoms with E-state index in [9.17, 15) is 0 Å². The lowest BCUT2D eigenvalue weighted by molar-refractivity contribution is 0.557. The van der Waals surface area contributed by atoms with Crippen LogP contribution in [0, 0.1) is 0 Å². The predicted molar refractivity (Wildman–Crippen MR) is 53.9 cm³/mol. The molecule has 0 N–H and O–H groups in total. The lowest BCUT2D eigenvalue weighted by Gasteiger charge is -2.20. The molecule has 0 atom stereocenters. The van der Waals surface area contributed by atoms with E-state index in [0.717, 1.165) is 25.3 Å². The van der Waals surface area contributed by atoms with E-state index in [1.807, 2.05) is 0 Å². The van der Waals surface area contributed by atoms with Crippen molar-refractivity contribution in [2.45, 2.75) is 33.1 Å². The maximum Gasteiger partial charge on any atom is 0.182 e. The third-order valence-corrected chi connectivity index (χ3v) is 2.02. The number of oxazole rings is 1. The van der Waals surface area contributed by atoms with Crippen LogP contribution in [0.5, 0.6) is 0 Å². The molecule has 0 spiro atoms. The maximum absolute atomic E-state index is 4.97. The number of aromatic nitrogens is 1. The largest absolute Gasteiger partial charge is 0.449 e. The van der Waals surface area contributed by atoms with Crippen molar-refractivity contribution in [2.24, 2.45) is 0 Å². The second-order valence-electron chi connectivity index (χ2n) is 3.19. The van der Waals surface area contributed by atoms with Crippen LogP contribution in [0.2, 0.25) is 0 Å². The zero-order valence-electron chi connectivity index (χ0n) is 8.49. The van der Waals surface area contributed by atoms with Crippen LogP contribution in [0.1, 0.15) is 33.1 Å². The van der Waals surface area contributed by atoms with Crippen LogP contribution in [0.15, 0.2) is 17.1 Å². The molecule has 13 heavy (non-hydrogen) atoms. The Morgan fingerprint density at radius 1 is 1.31 bits per heavy atom. The summed E-state index contributed by atoms with van der Waals surface area (Å²) in [4.78, 5) is 6.42. The highest BCUT2D eigenvalue weighted by molar-refractivity contribution is 5.33. The van der Waals surface area contributed by atoms with E-state index in [1.165, 1.54) is 19.2 Å². The zero-order chi connectivity index (χ0) is 9.52. The molecule has 0 radical (unpaired) electrons. The number of hydrogen-bond acceptors (Lipinski definition) is 3. The lowest BCUT2D eigenvalue weighted by Crippen LogP contribution is -2.25. The average Bonchev–Trinajstić information content (AvgIpc) is 2.65. The fourth-order valence-electron chi connectivity index (χ4n) is 1.32. The van der Waals surface area contributed by atoms with Crippen LogP contribution in [0.3, 0.4) is 0 Å². The van der Waals surface area contributed by atoms with Crippen LogP contribution in [0.25, 0.3) is 0 Å². The summed E-state index contributed by atoms with van der Waals surface area (Å²) in [6, 6.07) is 0. The first kappa shape index (κ1) is 10.1. The fraction of sp³-hybridized carbons (Fsp3) is 0.700. The Kier molecular flexibility index (Phi) is 4.36. The Balaban J connectivity index is 2.47. The average molecular weight is 182 g/mol. The molecule has 0 saturated heterocycles. The van der Waals surface area contributed by atoms with Crippen molar-refractivity contribution in [1.82, 2.24) is 4.98 Å². The van der Waals surface area contributed by atoms with Crippen molar-refractivity contribution < 1.29 is 4.42 Å². The van der Waals surface area contributed by atoms with Crippen LogP contribution in [-0.4, -0.2) is 18.1 Å². The maximum atomic E-state index is 4.97. The molecule has 0 unspecified atom stereocenters. The van der Waals surface area contributed by atoms with E-state index < -0.39 is 0 Å². The van der Waals surface area contributed by atoms with Crippen LogP contribution in [-0.2, 0) is 0 Å². The van der Waals surface area contributed by atoms with Crippen LogP contribution >= 0.6 is 0 Å². The number of anilines is 1. The highest BCUT2D eigenvalue weighted by Crippen LogP contribution is 2.11. The minimum absolute atomic E-state index is 0.968. The Morgan fingerprint density at radius 2 is 2.15 bits per heavy atom. The van der Waals surface area contributed by atoms with Gasteiger partial charge in [-0.05, 0) is 12.8 Å². The molecular weight excluding hydrogens is 164 g/mol. The van der Waals surface area contributed by atoms with Crippen molar-refractivity contribution in [2.75, 3.05) is 18.0 Å². The smallest absolute Gasteiger partial charge is 0.182 e. The first-order valence-corrected chi connectivity index (χ1v) is 5.01. The van der Waals surface area contributed by atoms with Gasteiger partial charge in [-0.3, -0.25) is 0 Å². The molecule has 0 aliphatic heterocycles. The minimum atomic E-state index is 0.968. The Bertz CT molecular complexity index is 209. The highest BCUT2D eigenvalue weighted by atomic mass is 16.3. The first-order chi connectivity index (χ1) is 6.38. The van der Waals surface area contributed by atoms with Gasteiger partial charge in [-0.25, -0.2) is 0 Å². The molecule has 3 nitrogen and oxygen atoms in total. The third-order valence-electron chi connectivity index (χ3n) is 2.02. The molecule has 1 rings (SSSR count). The van der Waals surface area contributed by atoms with Crippen molar-refractivity contribution in [3.8, 4) is 0 Å². The molecule has 0 aliphatic rings. The van der Waals surface area contributed by atoms with E-state index >= 15 is 0 Å². The molecule has 0 aromatic carbocycles. The van der Waals surface area contributed by atoms with Crippen LogP contribution in [0.4, 0.5) is 5.82 Å². The number of rotatable bonds is 6. The van der Waals surface area contributed by atoms with Gasteiger partial charge in [0, 0.05) is 13.1 Å². The molecule has 1 aromatic heterocycles. The van der Waals surface area contributed by atoms with Gasteiger partial charge in [-0.2, -0.15) is 4.98 Å². The Labute approximate surface area is 79.8 Å². The van der Waals surface area contributed by atoms with Crippen molar-refractivity contribution >= 4 is 5.82 Å². The monoisotopic (exact) mass is 182 g/mol. The number of unbranched alkanes of at least 4 members (excludes halogenated alkanes) is 1. The SMILES string of the molecule is CCCCN(CCC)c1cocn1. The Morgan fingerprint density at radius 3 is 2.69 bits per heavy atom. The molecule has 1 heterocycles. The van der Waals surface area contributed by atoms with Crippen LogP contribution < -0.4 is 4.90 Å². The molecule has 0 amide bonds. The second kappa shape index (κ2) is 5.62. The standard InChI is InChI=1S/C10H18N2O/c1-3-5-7-12(6-4-2)10-8-13-9-11-10/h8-9H,3-7H2,1-2H3. The summed E-state index contributed by atoms with van der Waals surface area (Å²) in [5, 5.41) is 0. The molecular formula is C10H18N2O. The summed E-state index contributed by atoms with van der Waals surface area (Å²) in [5.41, 5.74) is 0.